The number of esters is 3. The number of benzene rings is 2. The highest BCUT2D eigenvalue weighted by molar-refractivity contribution is 7.07. The molecule has 1 aromatic heterocycles. The van der Waals surface area contributed by atoms with Crippen molar-refractivity contribution in [2.24, 2.45) is 4.99 Å². The third kappa shape index (κ3) is 8.16. The summed E-state index contributed by atoms with van der Waals surface area (Å²) < 4.78 is 33.4. The van der Waals surface area contributed by atoms with Crippen LogP contribution in [-0.2, 0) is 28.6 Å². The highest BCUT2D eigenvalue weighted by Crippen LogP contribution is 2.37. The number of ether oxygens (including phenoxy) is 6. The molecule has 0 unspecified atom stereocenters. The van der Waals surface area contributed by atoms with Gasteiger partial charge in [0.05, 0.1) is 58.8 Å². The standard InChI is InChI=1S/C32H32Cl2N2O10S/c1-6-42-23-14-19(9-10-22(23)45-15-25(37)41-5)28-27(31(40)44-8-3)17(4)35-32-36(28)30(39)24(47-32)13-18-11-20(33)29(21(34)12-18)46-16-26(38)43-7-2/h9-14,28H,6-8,15-16H2,1-5H3/b24-13-/t28-/m0/s1. The van der Waals surface area contributed by atoms with E-state index in [0.29, 0.717) is 27.4 Å². The highest BCUT2D eigenvalue weighted by atomic mass is 35.5. The van der Waals surface area contributed by atoms with Crippen molar-refractivity contribution < 1.29 is 42.8 Å². The first-order valence-corrected chi connectivity index (χ1v) is 16.0. The Balaban J connectivity index is 1.82. The van der Waals surface area contributed by atoms with E-state index >= 15 is 0 Å². The van der Waals surface area contributed by atoms with Crippen LogP contribution in [-0.4, -0.2) is 62.6 Å². The van der Waals surface area contributed by atoms with Crippen LogP contribution in [0.4, 0.5) is 0 Å². The molecule has 1 aliphatic rings. The number of allylic oxidation sites excluding steroid dienone is 1. The predicted molar refractivity (Wildman–Crippen MR) is 174 cm³/mol. The monoisotopic (exact) mass is 706 g/mol. The summed E-state index contributed by atoms with van der Waals surface area (Å²) in [5.74, 6) is -1.12. The molecule has 15 heteroatoms. The summed E-state index contributed by atoms with van der Waals surface area (Å²) in [6.07, 6.45) is 1.59. The minimum atomic E-state index is -0.938. The summed E-state index contributed by atoms with van der Waals surface area (Å²) in [5, 5.41) is 0.245. The van der Waals surface area contributed by atoms with E-state index in [1.165, 1.54) is 11.7 Å². The van der Waals surface area contributed by atoms with E-state index in [4.69, 9.17) is 46.9 Å². The van der Waals surface area contributed by atoms with Crippen LogP contribution in [0.3, 0.4) is 0 Å². The van der Waals surface area contributed by atoms with Crippen LogP contribution < -0.4 is 29.1 Å². The van der Waals surface area contributed by atoms with Crippen LogP contribution in [0.1, 0.15) is 44.9 Å². The van der Waals surface area contributed by atoms with Crippen LogP contribution in [0.25, 0.3) is 6.08 Å². The maximum absolute atomic E-state index is 14.1. The summed E-state index contributed by atoms with van der Waals surface area (Å²) in [7, 11) is 1.25. The lowest BCUT2D eigenvalue weighted by Crippen LogP contribution is -2.40. The molecule has 0 aliphatic carbocycles. The lowest BCUT2D eigenvalue weighted by molar-refractivity contribution is -0.145. The Hall–Kier alpha value is -4.33. The molecule has 0 saturated heterocycles. The zero-order valence-electron chi connectivity index (χ0n) is 26.2. The van der Waals surface area contributed by atoms with Gasteiger partial charge in [0, 0.05) is 0 Å². The van der Waals surface area contributed by atoms with Gasteiger partial charge in [-0.05, 0) is 69.2 Å². The summed E-state index contributed by atoms with van der Waals surface area (Å²) in [4.78, 5) is 55.7. The Kier molecular flexibility index (Phi) is 12.1. The molecule has 0 N–H and O–H groups in total. The molecule has 1 aliphatic heterocycles. The van der Waals surface area contributed by atoms with Crippen molar-refractivity contribution in [2.45, 2.75) is 33.7 Å². The fourth-order valence-corrected chi connectivity index (χ4v) is 6.33. The first-order chi connectivity index (χ1) is 22.5. The second kappa shape index (κ2) is 16.0. The topological polar surface area (TPSA) is 141 Å². The van der Waals surface area contributed by atoms with Crippen LogP contribution in [0.2, 0.25) is 10.0 Å². The van der Waals surface area contributed by atoms with E-state index < -0.39 is 29.5 Å². The van der Waals surface area contributed by atoms with Gasteiger partial charge in [0.1, 0.15) is 0 Å². The zero-order chi connectivity index (χ0) is 34.2. The molecular formula is C32H32Cl2N2O10S. The summed E-state index contributed by atoms with van der Waals surface area (Å²) in [6, 6.07) is 7.05. The Labute approximate surface area is 283 Å². The highest BCUT2D eigenvalue weighted by Gasteiger charge is 2.34. The summed E-state index contributed by atoms with van der Waals surface area (Å²) in [6.45, 7) is 6.68. The van der Waals surface area contributed by atoms with E-state index in [0.717, 1.165) is 11.3 Å². The van der Waals surface area contributed by atoms with Crippen molar-refractivity contribution in [1.82, 2.24) is 4.57 Å². The summed E-state index contributed by atoms with van der Waals surface area (Å²) >= 11 is 14.0. The molecular weight excluding hydrogens is 675 g/mol. The van der Waals surface area contributed by atoms with Crippen molar-refractivity contribution in [3.05, 3.63) is 82.5 Å². The number of rotatable bonds is 13. The van der Waals surface area contributed by atoms with Crippen LogP contribution in [0.5, 0.6) is 17.2 Å². The molecule has 4 rings (SSSR count). The molecule has 1 atom stereocenters. The molecule has 47 heavy (non-hydrogen) atoms. The first kappa shape index (κ1) is 35.5. The van der Waals surface area contributed by atoms with E-state index in [2.05, 4.69) is 9.73 Å². The Morgan fingerprint density at radius 3 is 2.23 bits per heavy atom. The van der Waals surface area contributed by atoms with Crippen LogP contribution in [0.15, 0.2) is 51.4 Å². The van der Waals surface area contributed by atoms with Gasteiger partial charge >= 0.3 is 17.9 Å². The van der Waals surface area contributed by atoms with Gasteiger partial charge in [-0.25, -0.2) is 19.4 Å². The van der Waals surface area contributed by atoms with Crippen molar-refractivity contribution >= 4 is 58.5 Å². The second-order valence-corrected chi connectivity index (χ2v) is 11.5. The Morgan fingerprint density at radius 2 is 1.60 bits per heavy atom. The maximum atomic E-state index is 14.1. The SMILES string of the molecule is CCOC(=O)COc1c(Cl)cc(/C=c2\sc3n(c2=O)[C@@H](c2ccc(OCC(=O)OC)c(OCC)c2)C(C(=O)OCC)=C(C)N=3)cc1Cl. The molecule has 2 heterocycles. The van der Waals surface area contributed by atoms with Gasteiger partial charge in [0.25, 0.3) is 5.56 Å². The minimum Gasteiger partial charge on any atom is -0.490 e. The molecule has 12 nitrogen and oxygen atoms in total. The number of hydrogen-bond acceptors (Lipinski definition) is 12. The number of carbonyl (C=O) groups excluding carboxylic acids is 3. The third-order valence-corrected chi connectivity index (χ3v) is 8.18. The number of methoxy groups -OCH3 is 1. The number of nitrogens with zero attached hydrogens (tertiary/aromatic N) is 2. The Bertz CT molecular complexity index is 1880. The minimum absolute atomic E-state index is 0.0961. The molecule has 0 spiro atoms. The van der Waals surface area contributed by atoms with E-state index in [1.54, 1.807) is 64.1 Å². The average molecular weight is 708 g/mol. The third-order valence-electron chi connectivity index (χ3n) is 6.63. The smallest absolute Gasteiger partial charge is 0.344 e. The van der Waals surface area contributed by atoms with Gasteiger partial charge in [-0.1, -0.05) is 40.6 Å². The van der Waals surface area contributed by atoms with Gasteiger partial charge in [-0.3, -0.25) is 9.36 Å². The van der Waals surface area contributed by atoms with Crippen molar-refractivity contribution in [3.63, 3.8) is 0 Å². The number of aromatic nitrogens is 1. The Morgan fingerprint density at radius 1 is 0.915 bits per heavy atom. The molecule has 250 valence electrons. The van der Waals surface area contributed by atoms with Crippen molar-refractivity contribution in [3.8, 4) is 17.2 Å². The number of carbonyl (C=O) groups is 3. The molecule has 2 aromatic carbocycles. The molecule has 0 radical (unpaired) electrons. The second-order valence-electron chi connectivity index (χ2n) is 9.71. The molecule has 0 fully saturated rings. The maximum Gasteiger partial charge on any atom is 0.344 e. The quantitative estimate of drug-likeness (QED) is 0.189. The normalized spacial score (nSPS) is 14.2. The fraction of sp³-hybridized carbons (Fsp3) is 0.344. The van der Waals surface area contributed by atoms with E-state index in [-0.39, 0.29) is 64.7 Å². The molecule has 0 saturated carbocycles. The molecule has 0 bridgehead atoms. The number of thiazole rings is 1. The van der Waals surface area contributed by atoms with Gasteiger partial charge < -0.3 is 28.4 Å². The number of halogens is 2. The average Bonchev–Trinajstić information content (AvgIpc) is 3.33. The first-order valence-electron chi connectivity index (χ1n) is 14.5. The molecule has 3 aromatic rings. The van der Waals surface area contributed by atoms with Crippen molar-refractivity contribution in [1.29, 1.82) is 0 Å². The number of fused-ring (bicyclic) bond motifs is 1. The van der Waals surface area contributed by atoms with Crippen LogP contribution in [0, 0.1) is 0 Å². The van der Waals surface area contributed by atoms with Gasteiger partial charge in [0.15, 0.2) is 35.3 Å². The van der Waals surface area contributed by atoms with Gasteiger partial charge in [0.2, 0.25) is 0 Å². The van der Waals surface area contributed by atoms with Gasteiger partial charge in [-0.2, -0.15) is 0 Å². The summed E-state index contributed by atoms with van der Waals surface area (Å²) in [5.41, 5.74) is 1.10. The predicted octanol–water partition coefficient (Wildman–Crippen LogP) is 4.00. The van der Waals surface area contributed by atoms with Gasteiger partial charge in [-0.15, -0.1) is 0 Å². The van der Waals surface area contributed by atoms with Crippen LogP contribution >= 0.6 is 34.5 Å². The zero-order valence-corrected chi connectivity index (χ0v) is 28.5. The largest absolute Gasteiger partial charge is 0.490 e. The number of hydrogen-bond donors (Lipinski definition) is 0. The van der Waals surface area contributed by atoms with E-state index in [1.807, 2.05) is 0 Å². The fourth-order valence-electron chi connectivity index (χ4n) is 4.67. The van der Waals surface area contributed by atoms with Crippen molar-refractivity contribution in [2.75, 3.05) is 40.1 Å². The lowest BCUT2D eigenvalue weighted by atomic mass is 9.95. The van der Waals surface area contributed by atoms with E-state index in [9.17, 15) is 19.2 Å². The lowest BCUT2D eigenvalue weighted by Gasteiger charge is -2.25. The molecule has 0 amide bonds.